The van der Waals surface area contributed by atoms with E-state index in [1.165, 1.54) is 25.7 Å². The zero-order valence-corrected chi connectivity index (χ0v) is 12.2. The largest absolute Gasteiger partial charge is 0.380 e. The van der Waals surface area contributed by atoms with Crippen molar-refractivity contribution in [3.8, 4) is 0 Å². The average molecular weight is 299 g/mol. The fourth-order valence-electron chi connectivity index (χ4n) is 1.86. The number of benzene rings is 1. The maximum Gasteiger partial charge on any atom is 0.0487 e. The molecule has 0 bridgehead atoms. The molecule has 17 heavy (non-hydrogen) atoms. The first-order valence-corrected chi connectivity index (χ1v) is 7.28. The SMILES string of the molecule is CCCCCCC(CN)Nc1ccccc1Br. The van der Waals surface area contributed by atoms with Crippen LogP contribution in [0, 0.1) is 0 Å². The Hall–Kier alpha value is -0.540. The van der Waals surface area contributed by atoms with E-state index in [-0.39, 0.29) is 0 Å². The molecular weight excluding hydrogens is 276 g/mol. The Labute approximate surface area is 113 Å². The molecule has 0 aromatic heterocycles. The third-order valence-corrected chi connectivity index (χ3v) is 3.62. The summed E-state index contributed by atoms with van der Waals surface area (Å²) in [6.07, 6.45) is 6.33. The highest BCUT2D eigenvalue weighted by Gasteiger charge is 2.07. The number of rotatable bonds is 8. The summed E-state index contributed by atoms with van der Waals surface area (Å²) < 4.78 is 1.10. The fraction of sp³-hybridized carbons (Fsp3) is 0.571. The second-order valence-electron chi connectivity index (χ2n) is 4.41. The number of hydrogen-bond donors (Lipinski definition) is 2. The lowest BCUT2D eigenvalue weighted by Gasteiger charge is -2.19. The Morgan fingerprint density at radius 2 is 2.00 bits per heavy atom. The van der Waals surface area contributed by atoms with Gasteiger partial charge in [0.15, 0.2) is 0 Å². The van der Waals surface area contributed by atoms with Crippen LogP contribution >= 0.6 is 15.9 Å². The van der Waals surface area contributed by atoms with E-state index in [1.807, 2.05) is 18.2 Å². The summed E-state index contributed by atoms with van der Waals surface area (Å²) in [5.41, 5.74) is 6.95. The zero-order valence-electron chi connectivity index (χ0n) is 10.6. The minimum atomic E-state index is 0.380. The van der Waals surface area contributed by atoms with Crippen LogP contribution in [-0.2, 0) is 0 Å². The van der Waals surface area contributed by atoms with Crippen molar-refractivity contribution in [3.63, 3.8) is 0 Å². The van der Waals surface area contributed by atoms with E-state index in [0.717, 1.165) is 16.6 Å². The van der Waals surface area contributed by atoms with Gasteiger partial charge in [0.05, 0.1) is 0 Å². The Morgan fingerprint density at radius 3 is 2.65 bits per heavy atom. The van der Waals surface area contributed by atoms with Crippen molar-refractivity contribution >= 4 is 21.6 Å². The van der Waals surface area contributed by atoms with Gasteiger partial charge in [-0.1, -0.05) is 44.7 Å². The number of para-hydroxylation sites is 1. The van der Waals surface area contributed by atoms with E-state index in [1.54, 1.807) is 0 Å². The molecule has 0 aliphatic heterocycles. The van der Waals surface area contributed by atoms with Gasteiger partial charge in [0.25, 0.3) is 0 Å². The van der Waals surface area contributed by atoms with Crippen LogP contribution in [0.2, 0.25) is 0 Å². The molecule has 2 nitrogen and oxygen atoms in total. The van der Waals surface area contributed by atoms with Crippen molar-refractivity contribution in [2.45, 2.75) is 45.1 Å². The molecule has 0 saturated carbocycles. The van der Waals surface area contributed by atoms with Crippen LogP contribution in [0.15, 0.2) is 28.7 Å². The summed E-state index contributed by atoms with van der Waals surface area (Å²) in [5.74, 6) is 0. The van der Waals surface area contributed by atoms with Gasteiger partial charge in [0, 0.05) is 22.7 Å². The van der Waals surface area contributed by atoms with E-state index in [9.17, 15) is 0 Å². The lowest BCUT2D eigenvalue weighted by molar-refractivity contribution is 0.575. The number of nitrogens with one attached hydrogen (secondary N) is 1. The van der Waals surface area contributed by atoms with Gasteiger partial charge in [-0.2, -0.15) is 0 Å². The molecule has 0 saturated heterocycles. The molecule has 0 spiro atoms. The molecule has 1 atom stereocenters. The summed E-state index contributed by atoms with van der Waals surface area (Å²) in [5, 5.41) is 3.50. The summed E-state index contributed by atoms with van der Waals surface area (Å²) in [6.45, 7) is 2.92. The molecule has 1 rings (SSSR count). The first-order chi connectivity index (χ1) is 8.27. The van der Waals surface area contributed by atoms with Gasteiger partial charge in [-0.25, -0.2) is 0 Å². The smallest absolute Gasteiger partial charge is 0.0487 e. The van der Waals surface area contributed by atoms with Crippen molar-refractivity contribution in [1.29, 1.82) is 0 Å². The first kappa shape index (κ1) is 14.5. The molecule has 96 valence electrons. The standard InChI is InChI=1S/C14H23BrN2/c1-2-3-4-5-8-12(11-16)17-14-10-7-6-9-13(14)15/h6-7,9-10,12,17H,2-5,8,11,16H2,1H3. The third kappa shape index (κ3) is 5.55. The summed E-state index contributed by atoms with van der Waals surface area (Å²) in [4.78, 5) is 0. The fourth-order valence-corrected chi connectivity index (χ4v) is 2.26. The van der Waals surface area contributed by atoms with E-state index in [0.29, 0.717) is 12.6 Å². The van der Waals surface area contributed by atoms with Crippen molar-refractivity contribution in [2.75, 3.05) is 11.9 Å². The third-order valence-electron chi connectivity index (χ3n) is 2.92. The second kappa shape index (κ2) is 8.54. The lowest BCUT2D eigenvalue weighted by Crippen LogP contribution is -2.28. The van der Waals surface area contributed by atoms with E-state index < -0.39 is 0 Å². The van der Waals surface area contributed by atoms with Crippen LogP contribution in [-0.4, -0.2) is 12.6 Å². The van der Waals surface area contributed by atoms with Gasteiger partial charge < -0.3 is 11.1 Å². The number of anilines is 1. The normalized spacial score (nSPS) is 12.4. The lowest BCUT2D eigenvalue weighted by atomic mass is 10.1. The van der Waals surface area contributed by atoms with Crippen LogP contribution in [0.4, 0.5) is 5.69 Å². The molecule has 0 radical (unpaired) electrons. The van der Waals surface area contributed by atoms with Crippen LogP contribution in [0.25, 0.3) is 0 Å². The Balaban J connectivity index is 2.38. The van der Waals surface area contributed by atoms with Crippen molar-refractivity contribution in [3.05, 3.63) is 28.7 Å². The maximum atomic E-state index is 5.81. The molecule has 1 unspecified atom stereocenters. The highest BCUT2D eigenvalue weighted by Crippen LogP contribution is 2.22. The van der Waals surface area contributed by atoms with Crippen LogP contribution in [0.5, 0.6) is 0 Å². The van der Waals surface area contributed by atoms with Crippen molar-refractivity contribution < 1.29 is 0 Å². The quantitative estimate of drug-likeness (QED) is 0.707. The summed E-state index contributed by atoms with van der Waals surface area (Å²) >= 11 is 3.54. The van der Waals surface area contributed by atoms with E-state index in [4.69, 9.17) is 5.73 Å². The molecular formula is C14H23BrN2. The average Bonchev–Trinajstić information content (AvgIpc) is 2.35. The number of nitrogens with two attached hydrogens (primary N) is 1. The van der Waals surface area contributed by atoms with Gasteiger partial charge in [0.1, 0.15) is 0 Å². The molecule has 0 amide bonds. The molecule has 0 aliphatic rings. The Kier molecular flexibility index (Phi) is 7.29. The highest BCUT2D eigenvalue weighted by atomic mass is 79.9. The minimum Gasteiger partial charge on any atom is -0.380 e. The van der Waals surface area contributed by atoms with Gasteiger partial charge in [0.2, 0.25) is 0 Å². The minimum absolute atomic E-state index is 0.380. The Morgan fingerprint density at radius 1 is 1.24 bits per heavy atom. The number of unbranched alkanes of at least 4 members (excludes halogenated alkanes) is 3. The van der Waals surface area contributed by atoms with Gasteiger partial charge in [-0.05, 0) is 34.5 Å². The number of halogens is 1. The Bertz CT molecular complexity index is 315. The molecule has 3 heteroatoms. The molecule has 1 aromatic carbocycles. The predicted molar refractivity (Wildman–Crippen MR) is 79.4 cm³/mol. The predicted octanol–water partition coefficient (Wildman–Crippen LogP) is 4.16. The zero-order chi connectivity index (χ0) is 12.5. The topological polar surface area (TPSA) is 38.0 Å². The molecule has 3 N–H and O–H groups in total. The molecule has 1 aromatic rings. The first-order valence-electron chi connectivity index (χ1n) is 6.49. The highest BCUT2D eigenvalue weighted by molar-refractivity contribution is 9.10. The summed E-state index contributed by atoms with van der Waals surface area (Å²) in [7, 11) is 0. The number of hydrogen-bond acceptors (Lipinski definition) is 2. The van der Waals surface area contributed by atoms with Gasteiger partial charge in [-0.3, -0.25) is 0 Å². The molecule has 0 heterocycles. The monoisotopic (exact) mass is 298 g/mol. The van der Waals surface area contributed by atoms with E-state index >= 15 is 0 Å². The van der Waals surface area contributed by atoms with Crippen LogP contribution in [0.1, 0.15) is 39.0 Å². The van der Waals surface area contributed by atoms with Gasteiger partial charge >= 0.3 is 0 Å². The maximum absolute atomic E-state index is 5.81. The second-order valence-corrected chi connectivity index (χ2v) is 5.26. The van der Waals surface area contributed by atoms with Crippen LogP contribution in [0.3, 0.4) is 0 Å². The van der Waals surface area contributed by atoms with E-state index in [2.05, 4.69) is 34.2 Å². The molecule has 0 aliphatic carbocycles. The molecule has 0 fully saturated rings. The van der Waals surface area contributed by atoms with Crippen molar-refractivity contribution in [1.82, 2.24) is 0 Å². The van der Waals surface area contributed by atoms with Crippen molar-refractivity contribution in [2.24, 2.45) is 5.73 Å². The van der Waals surface area contributed by atoms with Crippen LogP contribution < -0.4 is 11.1 Å². The van der Waals surface area contributed by atoms with Gasteiger partial charge in [-0.15, -0.1) is 0 Å². The summed E-state index contributed by atoms with van der Waals surface area (Å²) in [6, 6.07) is 8.57.